The Bertz CT molecular complexity index is 626. The summed E-state index contributed by atoms with van der Waals surface area (Å²) in [5.74, 6) is 1.70. The lowest BCUT2D eigenvalue weighted by Crippen LogP contribution is -2.15. The molecule has 0 unspecified atom stereocenters. The third-order valence-electron chi connectivity index (χ3n) is 3.72. The predicted octanol–water partition coefficient (Wildman–Crippen LogP) is 5.00. The van der Waals surface area contributed by atoms with E-state index in [1.54, 1.807) is 0 Å². The molecule has 1 saturated carbocycles. The number of ether oxygens (including phenoxy) is 1. The van der Waals surface area contributed by atoms with Crippen molar-refractivity contribution in [2.75, 3.05) is 0 Å². The summed E-state index contributed by atoms with van der Waals surface area (Å²) in [6.07, 6.45) is 2.61. The highest BCUT2D eigenvalue weighted by Gasteiger charge is 2.19. The highest BCUT2D eigenvalue weighted by Crippen LogP contribution is 2.29. The minimum Gasteiger partial charge on any atom is -0.457 e. The molecule has 1 N–H and O–H groups in total. The van der Waals surface area contributed by atoms with Crippen LogP contribution in [0.5, 0.6) is 11.5 Å². The Balaban J connectivity index is 1.73. The minimum atomic E-state index is 0.719. The third kappa shape index (κ3) is 3.78. The average molecular weight is 302 g/mol. The highest BCUT2D eigenvalue weighted by atomic mass is 35.5. The van der Waals surface area contributed by atoms with E-state index >= 15 is 0 Å². The summed E-state index contributed by atoms with van der Waals surface area (Å²) >= 11 is 6.19. The predicted molar refractivity (Wildman–Crippen MR) is 87.3 cm³/mol. The van der Waals surface area contributed by atoms with Gasteiger partial charge in [0.25, 0.3) is 0 Å². The summed E-state index contributed by atoms with van der Waals surface area (Å²) in [6, 6.07) is 12.9. The smallest absolute Gasteiger partial charge is 0.128 e. The van der Waals surface area contributed by atoms with Gasteiger partial charge >= 0.3 is 0 Å². The minimum absolute atomic E-state index is 0.719. The first-order valence-corrected chi connectivity index (χ1v) is 7.76. The van der Waals surface area contributed by atoms with Crippen molar-refractivity contribution in [3.8, 4) is 11.5 Å². The normalized spacial score (nSPS) is 14.2. The van der Waals surface area contributed by atoms with Crippen molar-refractivity contribution in [1.82, 2.24) is 5.32 Å². The number of benzene rings is 2. The molecule has 0 aliphatic heterocycles. The average Bonchev–Trinajstić information content (AvgIpc) is 3.27. The van der Waals surface area contributed by atoms with Gasteiger partial charge in [0.05, 0.1) is 0 Å². The molecule has 0 bridgehead atoms. The van der Waals surface area contributed by atoms with Crippen LogP contribution in [0.3, 0.4) is 0 Å². The zero-order valence-electron chi connectivity index (χ0n) is 12.4. The topological polar surface area (TPSA) is 21.3 Å². The van der Waals surface area contributed by atoms with E-state index in [1.165, 1.54) is 18.4 Å². The SMILES string of the molecule is Cc1cc(Oc2cccc(CNC3CC3)c2)cc(C)c1Cl. The second kappa shape index (κ2) is 6.08. The van der Waals surface area contributed by atoms with Crippen molar-refractivity contribution in [3.05, 3.63) is 58.1 Å². The summed E-state index contributed by atoms with van der Waals surface area (Å²) < 4.78 is 5.97. The molecule has 3 rings (SSSR count). The number of hydrogen-bond donors (Lipinski definition) is 1. The van der Waals surface area contributed by atoms with E-state index in [-0.39, 0.29) is 0 Å². The Morgan fingerprint density at radius 3 is 2.48 bits per heavy atom. The van der Waals surface area contributed by atoms with E-state index in [2.05, 4.69) is 17.4 Å². The molecular weight excluding hydrogens is 282 g/mol. The standard InChI is InChI=1S/C18H20ClNO/c1-12-8-17(9-13(2)18(12)19)21-16-5-3-4-14(10-16)11-20-15-6-7-15/h3-5,8-10,15,20H,6-7,11H2,1-2H3. The lowest BCUT2D eigenvalue weighted by molar-refractivity contribution is 0.480. The van der Waals surface area contributed by atoms with Gasteiger partial charge in [-0.15, -0.1) is 0 Å². The molecule has 0 saturated heterocycles. The molecule has 1 fully saturated rings. The summed E-state index contributed by atoms with van der Waals surface area (Å²) in [7, 11) is 0. The maximum atomic E-state index is 6.19. The Morgan fingerprint density at radius 1 is 1.10 bits per heavy atom. The second-order valence-corrected chi connectivity index (χ2v) is 6.15. The van der Waals surface area contributed by atoms with E-state index in [0.717, 1.165) is 40.2 Å². The Labute approximate surface area is 131 Å². The van der Waals surface area contributed by atoms with Crippen molar-refractivity contribution < 1.29 is 4.74 Å². The first kappa shape index (κ1) is 14.4. The Morgan fingerprint density at radius 2 is 1.81 bits per heavy atom. The maximum Gasteiger partial charge on any atom is 0.128 e. The van der Waals surface area contributed by atoms with Crippen molar-refractivity contribution in [3.63, 3.8) is 0 Å². The summed E-state index contributed by atoms with van der Waals surface area (Å²) in [5.41, 5.74) is 3.33. The Kier molecular flexibility index (Phi) is 4.18. The number of aryl methyl sites for hydroxylation is 2. The first-order chi connectivity index (χ1) is 10.1. The van der Waals surface area contributed by atoms with Gasteiger partial charge in [0.15, 0.2) is 0 Å². The van der Waals surface area contributed by atoms with Crippen LogP contribution in [-0.4, -0.2) is 6.04 Å². The Hall–Kier alpha value is -1.51. The van der Waals surface area contributed by atoms with Crippen molar-refractivity contribution in [2.45, 2.75) is 39.3 Å². The van der Waals surface area contributed by atoms with E-state index in [1.807, 2.05) is 38.1 Å². The highest BCUT2D eigenvalue weighted by molar-refractivity contribution is 6.32. The van der Waals surface area contributed by atoms with Crippen molar-refractivity contribution in [1.29, 1.82) is 0 Å². The molecule has 1 aliphatic carbocycles. The van der Waals surface area contributed by atoms with Gasteiger partial charge in [-0.25, -0.2) is 0 Å². The monoisotopic (exact) mass is 301 g/mol. The van der Waals surface area contributed by atoms with E-state index < -0.39 is 0 Å². The molecule has 110 valence electrons. The molecule has 2 nitrogen and oxygen atoms in total. The largest absolute Gasteiger partial charge is 0.457 e. The number of nitrogens with one attached hydrogen (secondary N) is 1. The lowest BCUT2D eigenvalue weighted by Gasteiger charge is -2.11. The van der Waals surface area contributed by atoms with Crippen LogP contribution in [0.2, 0.25) is 5.02 Å². The fraction of sp³-hybridized carbons (Fsp3) is 0.333. The molecule has 2 aromatic rings. The van der Waals surface area contributed by atoms with Crippen LogP contribution < -0.4 is 10.1 Å². The molecule has 3 heteroatoms. The second-order valence-electron chi connectivity index (χ2n) is 5.78. The molecule has 0 atom stereocenters. The fourth-order valence-corrected chi connectivity index (χ4v) is 2.48. The van der Waals surface area contributed by atoms with Gasteiger partial charge in [-0.3, -0.25) is 0 Å². The number of rotatable bonds is 5. The molecule has 0 radical (unpaired) electrons. The first-order valence-electron chi connectivity index (χ1n) is 7.39. The van der Waals surface area contributed by atoms with Crippen LogP contribution >= 0.6 is 11.6 Å². The quantitative estimate of drug-likeness (QED) is 0.839. The van der Waals surface area contributed by atoms with Gasteiger partial charge in [0.1, 0.15) is 11.5 Å². The lowest BCUT2D eigenvalue weighted by atomic mass is 10.1. The summed E-state index contributed by atoms with van der Waals surface area (Å²) in [4.78, 5) is 0. The summed E-state index contributed by atoms with van der Waals surface area (Å²) in [6.45, 7) is 4.90. The van der Waals surface area contributed by atoms with Gasteiger partial charge < -0.3 is 10.1 Å². The zero-order chi connectivity index (χ0) is 14.8. The van der Waals surface area contributed by atoms with Crippen LogP contribution in [0.1, 0.15) is 29.5 Å². The van der Waals surface area contributed by atoms with Gasteiger partial charge in [-0.1, -0.05) is 23.7 Å². The molecule has 0 amide bonds. The molecule has 2 aromatic carbocycles. The maximum absolute atomic E-state index is 6.19. The van der Waals surface area contributed by atoms with Crippen molar-refractivity contribution in [2.24, 2.45) is 0 Å². The number of hydrogen-bond acceptors (Lipinski definition) is 2. The van der Waals surface area contributed by atoms with E-state index in [4.69, 9.17) is 16.3 Å². The number of halogens is 1. The third-order valence-corrected chi connectivity index (χ3v) is 4.31. The van der Waals surface area contributed by atoms with Gasteiger partial charge in [0.2, 0.25) is 0 Å². The fourth-order valence-electron chi connectivity index (χ4n) is 2.37. The van der Waals surface area contributed by atoms with Crippen LogP contribution in [0.25, 0.3) is 0 Å². The molecule has 1 aliphatic rings. The molecule has 21 heavy (non-hydrogen) atoms. The van der Waals surface area contributed by atoms with Gasteiger partial charge in [-0.2, -0.15) is 0 Å². The van der Waals surface area contributed by atoms with Crippen LogP contribution in [0.15, 0.2) is 36.4 Å². The van der Waals surface area contributed by atoms with E-state index in [0.29, 0.717) is 0 Å². The van der Waals surface area contributed by atoms with E-state index in [9.17, 15) is 0 Å². The molecular formula is C18H20ClNO. The molecule has 0 heterocycles. The van der Waals surface area contributed by atoms with Gasteiger partial charge in [-0.05, 0) is 67.6 Å². The van der Waals surface area contributed by atoms with Crippen LogP contribution in [0.4, 0.5) is 0 Å². The summed E-state index contributed by atoms with van der Waals surface area (Å²) in [5, 5.41) is 4.33. The van der Waals surface area contributed by atoms with Gasteiger partial charge in [0, 0.05) is 17.6 Å². The van der Waals surface area contributed by atoms with Crippen LogP contribution in [-0.2, 0) is 6.54 Å². The molecule has 0 spiro atoms. The zero-order valence-corrected chi connectivity index (χ0v) is 13.2. The van der Waals surface area contributed by atoms with Crippen LogP contribution in [0, 0.1) is 13.8 Å². The molecule has 0 aromatic heterocycles. The van der Waals surface area contributed by atoms with Crippen molar-refractivity contribution >= 4 is 11.6 Å².